The van der Waals surface area contributed by atoms with Crippen LogP contribution >= 0.6 is 0 Å². The van der Waals surface area contributed by atoms with E-state index in [1.165, 1.54) is 0 Å². The van der Waals surface area contributed by atoms with E-state index in [-0.39, 0.29) is 35.9 Å². The number of nitrogens with one attached hydrogen (secondary N) is 1. The van der Waals surface area contributed by atoms with E-state index in [1.54, 1.807) is 0 Å². The maximum atomic E-state index is 12.0. The van der Waals surface area contributed by atoms with Crippen molar-refractivity contribution in [1.82, 2.24) is 15.1 Å². The van der Waals surface area contributed by atoms with E-state index in [0.717, 1.165) is 12.8 Å². The van der Waals surface area contributed by atoms with Crippen LogP contribution in [-0.4, -0.2) is 80.3 Å². The average molecular weight is 345 g/mol. The molecule has 0 aromatic carbocycles. The monoisotopic (exact) mass is 345 g/mol. The van der Waals surface area contributed by atoms with Gasteiger partial charge in [0.05, 0.1) is 18.1 Å². The maximum Gasteiger partial charge on any atom is 0.234 e. The zero-order valence-electron chi connectivity index (χ0n) is 13.8. The minimum absolute atomic E-state index is 0.0540. The second-order valence-electron chi connectivity index (χ2n) is 6.43. The summed E-state index contributed by atoms with van der Waals surface area (Å²) in [6.45, 7) is 5.04. The first kappa shape index (κ1) is 18.2. The molecular formula is C15H27N3O4S. The minimum Gasteiger partial charge on any atom is -0.351 e. The zero-order chi connectivity index (χ0) is 16.9. The van der Waals surface area contributed by atoms with E-state index in [9.17, 15) is 18.0 Å². The summed E-state index contributed by atoms with van der Waals surface area (Å²) >= 11 is 0. The third-order valence-electron chi connectivity index (χ3n) is 4.43. The molecule has 132 valence electrons. The van der Waals surface area contributed by atoms with Crippen LogP contribution in [0.25, 0.3) is 0 Å². The van der Waals surface area contributed by atoms with Crippen LogP contribution in [-0.2, 0) is 19.4 Å². The Morgan fingerprint density at radius 1 is 1.17 bits per heavy atom. The zero-order valence-corrected chi connectivity index (χ0v) is 14.6. The molecule has 23 heavy (non-hydrogen) atoms. The van der Waals surface area contributed by atoms with E-state index in [2.05, 4.69) is 12.2 Å². The van der Waals surface area contributed by atoms with Crippen LogP contribution in [0.5, 0.6) is 0 Å². The lowest BCUT2D eigenvalue weighted by Crippen LogP contribution is -2.52. The molecule has 0 spiro atoms. The Morgan fingerprint density at radius 2 is 1.87 bits per heavy atom. The van der Waals surface area contributed by atoms with Crippen molar-refractivity contribution in [3.05, 3.63) is 0 Å². The van der Waals surface area contributed by atoms with Crippen molar-refractivity contribution in [3.63, 3.8) is 0 Å². The molecule has 0 saturated carbocycles. The first-order valence-electron chi connectivity index (χ1n) is 8.39. The predicted octanol–water partition coefficient (Wildman–Crippen LogP) is -0.376. The fourth-order valence-corrected chi connectivity index (χ4v) is 4.70. The fourth-order valence-electron chi connectivity index (χ4n) is 3.03. The quantitative estimate of drug-likeness (QED) is 0.709. The van der Waals surface area contributed by atoms with Crippen molar-refractivity contribution >= 4 is 21.7 Å². The molecule has 0 aliphatic carbocycles. The van der Waals surface area contributed by atoms with E-state index in [0.29, 0.717) is 39.0 Å². The molecule has 1 atom stereocenters. The molecule has 2 heterocycles. The number of amides is 2. The van der Waals surface area contributed by atoms with Crippen molar-refractivity contribution in [2.75, 3.05) is 44.2 Å². The standard InChI is InChI=1S/C15H27N3O4S/c1-2-3-4-15(20)18-8-6-17(7-9-18)11-14(19)16-13-5-10-23(21,22)12-13/h13H,2-12H2,1H3,(H,16,19)/t13-/m0/s1. The normalized spacial score (nSPS) is 24.6. The van der Waals surface area contributed by atoms with Crippen LogP contribution in [0.15, 0.2) is 0 Å². The Morgan fingerprint density at radius 3 is 2.43 bits per heavy atom. The highest BCUT2D eigenvalue weighted by atomic mass is 32.2. The third kappa shape index (κ3) is 5.76. The van der Waals surface area contributed by atoms with Crippen LogP contribution in [0.4, 0.5) is 0 Å². The Balaban J connectivity index is 1.68. The van der Waals surface area contributed by atoms with Gasteiger partial charge in [0.25, 0.3) is 0 Å². The molecule has 2 aliphatic heterocycles. The van der Waals surface area contributed by atoms with Gasteiger partial charge in [0, 0.05) is 38.6 Å². The molecule has 8 heteroatoms. The van der Waals surface area contributed by atoms with Crippen LogP contribution in [0.1, 0.15) is 32.6 Å². The molecule has 2 saturated heterocycles. The first-order valence-corrected chi connectivity index (χ1v) is 10.2. The highest BCUT2D eigenvalue weighted by Gasteiger charge is 2.29. The molecular weight excluding hydrogens is 318 g/mol. The van der Waals surface area contributed by atoms with Gasteiger partial charge < -0.3 is 10.2 Å². The van der Waals surface area contributed by atoms with E-state index < -0.39 is 9.84 Å². The van der Waals surface area contributed by atoms with Gasteiger partial charge in [-0.05, 0) is 12.8 Å². The number of piperazine rings is 1. The Bertz CT molecular complexity index is 527. The first-order chi connectivity index (χ1) is 10.9. The number of rotatable bonds is 6. The van der Waals surface area contributed by atoms with Crippen molar-refractivity contribution in [1.29, 1.82) is 0 Å². The van der Waals surface area contributed by atoms with Crippen LogP contribution in [0.3, 0.4) is 0 Å². The summed E-state index contributed by atoms with van der Waals surface area (Å²) in [5.74, 6) is 0.291. The van der Waals surface area contributed by atoms with E-state index >= 15 is 0 Å². The number of carbonyl (C=O) groups is 2. The SMILES string of the molecule is CCCCC(=O)N1CCN(CC(=O)N[C@H]2CCS(=O)(=O)C2)CC1. The Kier molecular flexibility index (Phi) is 6.41. The average Bonchev–Trinajstić information content (AvgIpc) is 2.84. The van der Waals surface area contributed by atoms with E-state index in [4.69, 9.17) is 0 Å². The number of unbranched alkanes of at least 4 members (excludes halogenated alkanes) is 1. The van der Waals surface area contributed by atoms with Gasteiger partial charge in [-0.15, -0.1) is 0 Å². The van der Waals surface area contributed by atoms with Gasteiger partial charge in [-0.2, -0.15) is 0 Å². The lowest BCUT2D eigenvalue weighted by molar-refractivity contribution is -0.133. The lowest BCUT2D eigenvalue weighted by Gasteiger charge is -2.34. The Hall–Kier alpha value is -1.15. The topological polar surface area (TPSA) is 86.8 Å². The molecule has 0 bridgehead atoms. The molecule has 1 N–H and O–H groups in total. The third-order valence-corrected chi connectivity index (χ3v) is 6.20. The van der Waals surface area contributed by atoms with Gasteiger partial charge in [-0.25, -0.2) is 8.42 Å². The van der Waals surface area contributed by atoms with Crippen molar-refractivity contribution < 1.29 is 18.0 Å². The second kappa shape index (κ2) is 8.10. The summed E-state index contributed by atoms with van der Waals surface area (Å²) in [4.78, 5) is 27.8. The van der Waals surface area contributed by atoms with Crippen molar-refractivity contribution in [2.24, 2.45) is 0 Å². The summed E-state index contributed by atoms with van der Waals surface area (Å²) in [6.07, 6.45) is 3.05. The smallest absolute Gasteiger partial charge is 0.234 e. The van der Waals surface area contributed by atoms with Crippen LogP contribution < -0.4 is 5.32 Å². The number of nitrogens with zero attached hydrogens (tertiary/aromatic N) is 2. The molecule has 2 amide bonds. The molecule has 0 radical (unpaired) electrons. The van der Waals surface area contributed by atoms with Crippen LogP contribution in [0, 0.1) is 0 Å². The fraction of sp³-hybridized carbons (Fsp3) is 0.867. The maximum absolute atomic E-state index is 12.0. The molecule has 2 fully saturated rings. The number of carbonyl (C=O) groups excluding carboxylic acids is 2. The number of hydrogen-bond donors (Lipinski definition) is 1. The van der Waals surface area contributed by atoms with Gasteiger partial charge >= 0.3 is 0 Å². The Labute approximate surface area is 138 Å². The van der Waals surface area contributed by atoms with Gasteiger partial charge in [0.15, 0.2) is 9.84 Å². The van der Waals surface area contributed by atoms with Crippen molar-refractivity contribution in [3.8, 4) is 0 Å². The summed E-state index contributed by atoms with van der Waals surface area (Å²) in [6, 6.07) is -0.246. The molecule has 0 aromatic rings. The number of hydrogen-bond acceptors (Lipinski definition) is 5. The van der Waals surface area contributed by atoms with Gasteiger partial charge in [-0.3, -0.25) is 14.5 Å². The summed E-state index contributed by atoms with van der Waals surface area (Å²) in [7, 11) is -2.97. The lowest BCUT2D eigenvalue weighted by atomic mass is 10.2. The second-order valence-corrected chi connectivity index (χ2v) is 8.66. The summed E-state index contributed by atoms with van der Waals surface area (Å²) in [5.41, 5.74) is 0. The van der Waals surface area contributed by atoms with Gasteiger partial charge in [-0.1, -0.05) is 13.3 Å². The molecule has 0 unspecified atom stereocenters. The molecule has 2 aliphatic rings. The summed E-state index contributed by atoms with van der Waals surface area (Å²) < 4.78 is 22.8. The minimum atomic E-state index is -2.97. The van der Waals surface area contributed by atoms with Gasteiger partial charge in [0.1, 0.15) is 0 Å². The number of sulfone groups is 1. The highest BCUT2D eigenvalue weighted by Crippen LogP contribution is 2.11. The van der Waals surface area contributed by atoms with Crippen LogP contribution in [0.2, 0.25) is 0 Å². The van der Waals surface area contributed by atoms with E-state index in [1.807, 2.05) is 9.80 Å². The molecule has 2 rings (SSSR count). The van der Waals surface area contributed by atoms with Gasteiger partial charge in [0.2, 0.25) is 11.8 Å². The predicted molar refractivity (Wildman–Crippen MR) is 87.7 cm³/mol. The molecule has 7 nitrogen and oxygen atoms in total. The van der Waals surface area contributed by atoms with Crippen molar-refractivity contribution in [2.45, 2.75) is 38.6 Å². The highest BCUT2D eigenvalue weighted by molar-refractivity contribution is 7.91. The molecule has 0 aromatic heterocycles. The summed E-state index contributed by atoms with van der Waals surface area (Å²) in [5, 5.41) is 2.80. The largest absolute Gasteiger partial charge is 0.351 e.